The summed E-state index contributed by atoms with van der Waals surface area (Å²) in [5.74, 6) is -1.29. The number of carbonyl (C=O) groups excluding carboxylic acids is 3. The van der Waals surface area contributed by atoms with Crippen LogP contribution in [0.2, 0.25) is 0 Å². The summed E-state index contributed by atoms with van der Waals surface area (Å²) in [6.45, 7) is 2.47. The third kappa shape index (κ3) is 7.20. The first-order valence-electron chi connectivity index (χ1n) is 10.9. The number of thiocarbonyl (C=S) groups is 1. The number of hydrogen-bond donors (Lipinski definition) is 2. The van der Waals surface area contributed by atoms with Crippen molar-refractivity contribution in [1.82, 2.24) is 15.8 Å². The molecule has 0 spiro atoms. The molecule has 1 aliphatic heterocycles. The number of hydrazine groups is 1. The number of para-hydroxylation sites is 1. The van der Waals surface area contributed by atoms with Crippen LogP contribution in [0.25, 0.3) is 6.08 Å². The van der Waals surface area contributed by atoms with E-state index in [4.69, 9.17) is 12.2 Å². The fourth-order valence-corrected chi connectivity index (χ4v) is 4.63. The van der Waals surface area contributed by atoms with Crippen molar-refractivity contribution in [1.29, 1.82) is 0 Å². The zero-order valence-electron chi connectivity index (χ0n) is 19.0. The van der Waals surface area contributed by atoms with E-state index in [1.807, 2.05) is 37.3 Å². The van der Waals surface area contributed by atoms with Gasteiger partial charge in [-0.15, -0.1) is 0 Å². The molecule has 3 rings (SSSR count). The number of aryl methyl sites for hydroxylation is 1. The summed E-state index contributed by atoms with van der Waals surface area (Å²) in [6.07, 6.45) is 3.88. The van der Waals surface area contributed by atoms with Gasteiger partial charge in [-0.3, -0.25) is 40.2 Å². The number of benzene rings is 2. The maximum atomic E-state index is 12.7. The molecule has 1 heterocycles. The lowest BCUT2D eigenvalue weighted by Crippen LogP contribution is -2.41. The molecule has 0 atom stereocenters. The van der Waals surface area contributed by atoms with Gasteiger partial charge < -0.3 is 0 Å². The zero-order chi connectivity index (χ0) is 25.4. The van der Waals surface area contributed by atoms with Gasteiger partial charge in [-0.05, 0) is 37.5 Å². The highest BCUT2D eigenvalue weighted by Crippen LogP contribution is 2.32. The molecule has 9 nitrogen and oxygen atoms in total. The minimum atomic E-state index is -0.765. The van der Waals surface area contributed by atoms with Crippen LogP contribution in [0.3, 0.4) is 0 Å². The molecule has 182 valence electrons. The smallest absolute Gasteiger partial charge is 0.282 e. The van der Waals surface area contributed by atoms with Crippen molar-refractivity contribution in [3.05, 3.63) is 80.2 Å². The Balaban J connectivity index is 1.38. The van der Waals surface area contributed by atoms with Crippen LogP contribution >= 0.6 is 24.0 Å². The van der Waals surface area contributed by atoms with Crippen LogP contribution in [0.1, 0.15) is 47.2 Å². The van der Waals surface area contributed by atoms with E-state index >= 15 is 0 Å². The molecule has 0 bridgehead atoms. The normalized spacial score (nSPS) is 14.3. The first-order valence-corrected chi connectivity index (χ1v) is 12.1. The molecule has 2 aromatic carbocycles. The topological polar surface area (TPSA) is 122 Å². The summed E-state index contributed by atoms with van der Waals surface area (Å²) < 4.78 is 0.517. The van der Waals surface area contributed by atoms with Crippen molar-refractivity contribution in [3.8, 4) is 0 Å². The molecule has 3 amide bonds. The van der Waals surface area contributed by atoms with Gasteiger partial charge in [0.05, 0.1) is 9.83 Å². The largest absolute Gasteiger partial charge is 0.293 e. The lowest BCUT2D eigenvalue weighted by Gasteiger charge is -2.14. The second-order valence-corrected chi connectivity index (χ2v) is 9.51. The minimum Gasteiger partial charge on any atom is -0.293 e. The van der Waals surface area contributed by atoms with Crippen LogP contribution in [-0.2, 0) is 9.59 Å². The predicted molar refractivity (Wildman–Crippen MR) is 138 cm³/mol. The Hall–Kier alpha value is -3.57. The SMILES string of the molecule is Cc1ccc(C=C2SC(=S)N(CCCCCC(=O)NNC(=O)c3ccccc3[N+](=O)[O-])C2=O)cc1. The fourth-order valence-electron chi connectivity index (χ4n) is 3.32. The van der Waals surface area contributed by atoms with Crippen LogP contribution in [0.4, 0.5) is 5.69 Å². The zero-order valence-corrected chi connectivity index (χ0v) is 20.6. The Morgan fingerprint density at radius 3 is 2.51 bits per heavy atom. The van der Waals surface area contributed by atoms with Crippen molar-refractivity contribution in [2.24, 2.45) is 0 Å². The van der Waals surface area contributed by atoms with E-state index in [-0.39, 0.29) is 23.6 Å². The summed E-state index contributed by atoms with van der Waals surface area (Å²) in [5.41, 5.74) is 6.07. The molecule has 1 fully saturated rings. The fraction of sp³-hybridized carbons (Fsp3) is 0.250. The predicted octanol–water partition coefficient (Wildman–Crippen LogP) is 4.13. The molecule has 2 aromatic rings. The van der Waals surface area contributed by atoms with Crippen LogP contribution < -0.4 is 10.9 Å². The van der Waals surface area contributed by atoms with Gasteiger partial charge >= 0.3 is 0 Å². The van der Waals surface area contributed by atoms with Gasteiger partial charge in [-0.2, -0.15) is 0 Å². The van der Waals surface area contributed by atoms with E-state index in [0.717, 1.165) is 11.1 Å². The Labute approximate surface area is 212 Å². The van der Waals surface area contributed by atoms with Gasteiger partial charge in [-0.25, -0.2) is 0 Å². The van der Waals surface area contributed by atoms with E-state index in [1.54, 1.807) is 4.90 Å². The van der Waals surface area contributed by atoms with Crippen molar-refractivity contribution in [3.63, 3.8) is 0 Å². The van der Waals surface area contributed by atoms with E-state index < -0.39 is 16.7 Å². The number of thioether (sulfide) groups is 1. The van der Waals surface area contributed by atoms with Crippen molar-refractivity contribution >= 4 is 57.8 Å². The minimum absolute atomic E-state index is 0.115. The van der Waals surface area contributed by atoms with Crippen molar-refractivity contribution in [2.45, 2.75) is 32.6 Å². The average molecular weight is 513 g/mol. The van der Waals surface area contributed by atoms with Crippen LogP contribution in [-0.4, -0.2) is 38.4 Å². The van der Waals surface area contributed by atoms with Gasteiger partial charge in [0.15, 0.2) is 0 Å². The van der Waals surface area contributed by atoms with E-state index in [9.17, 15) is 24.5 Å². The maximum absolute atomic E-state index is 12.7. The Bertz CT molecular complexity index is 1180. The second-order valence-electron chi connectivity index (χ2n) is 7.83. The van der Waals surface area contributed by atoms with E-state index in [2.05, 4.69) is 10.9 Å². The molecule has 1 aliphatic rings. The Morgan fingerprint density at radius 1 is 1.09 bits per heavy atom. The number of hydrogen-bond acceptors (Lipinski definition) is 7. The summed E-state index contributed by atoms with van der Waals surface area (Å²) in [5, 5.41) is 11.0. The first kappa shape index (κ1) is 26.0. The average Bonchev–Trinajstić information content (AvgIpc) is 3.10. The van der Waals surface area contributed by atoms with Crippen LogP contribution in [0.5, 0.6) is 0 Å². The van der Waals surface area contributed by atoms with Gasteiger partial charge in [0.25, 0.3) is 17.5 Å². The number of nitrogens with one attached hydrogen (secondary N) is 2. The molecular formula is C24H24N4O5S2. The highest BCUT2D eigenvalue weighted by Gasteiger charge is 2.31. The third-order valence-electron chi connectivity index (χ3n) is 5.20. The number of nitro benzene ring substituents is 1. The van der Waals surface area contributed by atoms with Crippen molar-refractivity contribution in [2.75, 3.05) is 6.54 Å². The quantitative estimate of drug-likeness (QED) is 0.170. The number of unbranched alkanes of at least 4 members (excludes halogenated alkanes) is 2. The van der Waals surface area contributed by atoms with Gasteiger partial charge in [0.1, 0.15) is 9.88 Å². The number of rotatable bonds is 9. The van der Waals surface area contributed by atoms with Crippen LogP contribution in [0, 0.1) is 17.0 Å². The second kappa shape index (κ2) is 12.2. The highest BCUT2D eigenvalue weighted by molar-refractivity contribution is 8.26. The van der Waals surface area contributed by atoms with Crippen molar-refractivity contribution < 1.29 is 19.3 Å². The molecule has 11 heteroatoms. The maximum Gasteiger partial charge on any atom is 0.282 e. The molecular weight excluding hydrogens is 488 g/mol. The molecule has 0 radical (unpaired) electrons. The number of amides is 3. The van der Waals surface area contributed by atoms with E-state index in [0.29, 0.717) is 35.0 Å². The molecule has 0 saturated carbocycles. The molecule has 0 unspecified atom stereocenters. The molecule has 0 aliphatic carbocycles. The monoisotopic (exact) mass is 512 g/mol. The van der Waals surface area contributed by atoms with Gasteiger partial charge in [0, 0.05) is 19.0 Å². The van der Waals surface area contributed by atoms with Crippen LogP contribution in [0.15, 0.2) is 53.4 Å². The lowest BCUT2D eigenvalue weighted by atomic mass is 10.1. The Kier molecular flexibility index (Phi) is 9.10. The molecule has 0 aromatic heterocycles. The third-order valence-corrected chi connectivity index (χ3v) is 6.57. The first-order chi connectivity index (χ1) is 16.8. The summed E-state index contributed by atoms with van der Waals surface area (Å²) >= 11 is 6.64. The summed E-state index contributed by atoms with van der Waals surface area (Å²) in [6, 6.07) is 13.4. The van der Waals surface area contributed by atoms with Gasteiger partial charge in [-0.1, -0.05) is 72.4 Å². The summed E-state index contributed by atoms with van der Waals surface area (Å²) in [4.78, 5) is 49.3. The highest BCUT2D eigenvalue weighted by atomic mass is 32.2. The number of nitro groups is 1. The number of nitrogens with zero attached hydrogens (tertiary/aromatic N) is 2. The van der Waals surface area contributed by atoms with Gasteiger partial charge in [0.2, 0.25) is 5.91 Å². The van der Waals surface area contributed by atoms with E-state index in [1.165, 1.54) is 36.0 Å². The molecule has 2 N–H and O–H groups in total. The standard InChI is InChI=1S/C24H24N4O5S2/c1-16-10-12-17(13-11-16)15-20-23(31)27(24(34)35-20)14-6-2-3-9-21(29)25-26-22(30)18-7-4-5-8-19(18)28(32)33/h4-5,7-8,10-13,15H,2-3,6,9,14H2,1H3,(H,25,29)(H,26,30). The Morgan fingerprint density at radius 2 is 1.80 bits per heavy atom. The molecule has 1 saturated heterocycles. The number of carbonyl (C=O) groups is 3. The summed E-state index contributed by atoms with van der Waals surface area (Å²) in [7, 11) is 0. The lowest BCUT2D eigenvalue weighted by molar-refractivity contribution is -0.385. The molecule has 35 heavy (non-hydrogen) atoms.